The Labute approximate surface area is 136 Å². The molecule has 6 nitrogen and oxygen atoms in total. The Bertz CT molecular complexity index is 650. The summed E-state index contributed by atoms with van der Waals surface area (Å²) in [4.78, 5) is 24.4. The molecule has 0 bridgehead atoms. The quantitative estimate of drug-likeness (QED) is 0.911. The minimum absolute atomic E-state index is 0.152. The van der Waals surface area contributed by atoms with E-state index in [-0.39, 0.29) is 5.92 Å². The Kier molecular flexibility index (Phi) is 3.82. The monoisotopic (exact) mass is 345 g/mol. The van der Waals surface area contributed by atoms with Crippen molar-refractivity contribution in [1.29, 1.82) is 0 Å². The third-order valence-corrected chi connectivity index (χ3v) is 4.94. The largest absolute Gasteiger partial charge is 0.496 e. The minimum atomic E-state index is -1.15. The zero-order chi connectivity index (χ0) is 16.0. The highest BCUT2D eigenvalue weighted by Crippen LogP contribution is 2.45. The van der Waals surface area contributed by atoms with Crippen LogP contribution < -0.4 is 4.74 Å². The number of methoxy groups -OCH3 is 1. The van der Waals surface area contributed by atoms with Gasteiger partial charge in [-0.2, -0.15) is 0 Å². The van der Waals surface area contributed by atoms with E-state index in [4.69, 9.17) is 37.8 Å². The van der Waals surface area contributed by atoms with Crippen LogP contribution >= 0.6 is 23.2 Å². The first-order chi connectivity index (χ1) is 10.4. The average molecular weight is 346 g/mol. The number of amides is 1. The number of cyclic esters (lactones) is 1. The summed E-state index contributed by atoms with van der Waals surface area (Å²) < 4.78 is 10.2. The summed E-state index contributed by atoms with van der Waals surface area (Å²) in [6, 6.07) is 2.84. The summed E-state index contributed by atoms with van der Waals surface area (Å²) in [6.07, 6.45) is -1.34. The molecule has 2 heterocycles. The van der Waals surface area contributed by atoms with Crippen LogP contribution in [-0.4, -0.2) is 47.9 Å². The summed E-state index contributed by atoms with van der Waals surface area (Å²) in [6.45, 7) is 0.323. The predicted octanol–water partition coefficient (Wildman–Crippen LogP) is 2.76. The van der Waals surface area contributed by atoms with Gasteiger partial charge in [-0.05, 0) is 18.6 Å². The van der Waals surface area contributed by atoms with Gasteiger partial charge in [0, 0.05) is 18.0 Å². The number of carbonyl (C=O) groups excluding carboxylic acids is 1. The van der Waals surface area contributed by atoms with Crippen molar-refractivity contribution in [3.63, 3.8) is 0 Å². The first-order valence-corrected chi connectivity index (χ1v) is 7.41. The highest BCUT2D eigenvalue weighted by molar-refractivity contribution is 6.42. The lowest BCUT2D eigenvalue weighted by Gasteiger charge is -2.18. The van der Waals surface area contributed by atoms with Gasteiger partial charge in [0.15, 0.2) is 0 Å². The van der Waals surface area contributed by atoms with Gasteiger partial charge in [0.05, 0.1) is 23.2 Å². The van der Waals surface area contributed by atoms with Crippen molar-refractivity contribution in [2.24, 2.45) is 0 Å². The van der Waals surface area contributed by atoms with E-state index in [1.807, 2.05) is 0 Å². The van der Waals surface area contributed by atoms with Crippen molar-refractivity contribution in [3.05, 3.63) is 27.7 Å². The number of hydrogen-bond acceptors (Lipinski definition) is 4. The highest BCUT2D eigenvalue weighted by Gasteiger charge is 2.52. The Morgan fingerprint density at radius 2 is 2.18 bits per heavy atom. The summed E-state index contributed by atoms with van der Waals surface area (Å²) >= 11 is 12.3. The summed E-state index contributed by atoms with van der Waals surface area (Å²) in [7, 11) is 1.52. The van der Waals surface area contributed by atoms with E-state index >= 15 is 0 Å². The van der Waals surface area contributed by atoms with E-state index in [0.717, 1.165) is 0 Å². The fraction of sp³-hybridized carbons (Fsp3) is 0.429. The number of carboxylic acid groups (broad SMARTS) is 1. The molecule has 2 aliphatic rings. The van der Waals surface area contributed by atoms with Crippen LogP contribution in [0.5, 0.6) is 5.75 Å². The number of benzene rings is 1. The molecule has 2 fully saturated rings. The van der Waals surface area contributed by atoms with Crippen LogP contribution in [0.25, 0.3) is 0 Å². The number of carboxylic acids is 1. The van der Waals surface area contributed by atoms with Gasteiger partial charge in [-0.25, -0.2) is 9.59 Å². The molecule has 8 heteroatoms. The standard InChI is InChI=1S/C14H13Cl2NO5/c1-21-9-3-2-7(15)11(16)10(9)6-4-8-12(13(18)19)22-14(20)17(8)5-6/h2-3,6,8,12H,4-5H2,1H3,(H,18,19)/t6-,8-,12?/m0/s1. The molecule has 0 radical (unpaired) electrons. The second-order valence-corrected chi connectivity index (χ2v) is 6.06. The fourth-order valence-corrected chi connectivity index (χ4v) is 3.62. The van der Waals surface area contributed by atoms with Gasteiger partial charge < -0.3 is 19.5 Å². The molecule has 1 aromatic rings. The van der Waals surface area contributed by atoms with Crippen LogP contribution in [0.2, 0.25) is 10.0 Å². The summed E-state index contributed by atoms with van der Waals surface area (Å²) in [5, 5.41) is 9.92. The van der Waals surface area contributed by atoms with E-state index in [1.54, 1.807) is 12.1 Å². The van der Waals surface area contributed by atoms with Crippen molar-refractivity contribution in [2.45, 2.75) is 24.5 Å². The Balaban J connectivity index is 1.95. The van der Waals surface area contributed by atoms with Crippen LogP contribution in [-0.2, 0) is 9.53 Å². The maximum Gasteiger partial charge on any atom is 0.411 e. The zero-order valence-corrected chi connectivity index (χ0v) is 13.1. The Hall–Kier alpha value is -1.66. The van der Waals surface area contributed by atoms with Crippen LogP contribution in [0.3, 0.4) is 0 Å². The van der Waals surface area contributed by atoms with Crippen molar-refractivity contribution < 1.29 is 24.2 Å². The molecule has 0 aliphatic carbocycles. The number of carbonyl (C=O) groups is 2. The van der Waals surface area contributed by atoms with Crippen molar-refractivity contribution >= 4 is 35.3 Å². The molecule has 0 saturated carbocycles. The smallest absolute Gasteiger partial charge is 0.411 e. The number of hydrogen-bond donors (Lipinski definition) is 1. The summed E-state index contributed by atoms with van der Waals surface area (Å²) in [5.41, 5.74) is 0.697. The lowest BCUT2D eigenvalue weighted by atomic mass is 9.93. The SMILES string of the molecule is COc1ccc(Cl)c(Cl)c1[C@H]1C[C@H]2C(C(=O)O)OC(=O)N2C1. The van der Waals surface area contributed by atoms with E-state index in [2.05, 4.69) is 0 Å². The second-order valence-electron chi connectivity index (χ2n) is 5.27. The van der Waals surface area contributed by atoms with Crippen LogP contribution in [0.15, 0.2) is 12.1 Å². The predicted molar refractivity (Wildman–Crippen MR) is 78.8 cm³/mol. The molecule has 1 N–H and O–H groups in total. The Morgan fingerprint density at radius 3 is 2.82 bits per heavy atom. The molecule has 2 saturated heterocycles. The van der Waals surface area contributed by atoms with Gasteiger partial charge in [0.2, 0.25) is 6.10 Å². The molecular weight excluding hydrogens is 333 g/mol. The molecule has 22 heavy (non-hydrogen) atoms. The molecule has 0 aromatic heterocycles. The van der Waals surface area contributed by atoms with E-state index in [1.165, 1.54) is 12.0 Å². The molecule has 1 amide bonds. The maximum absolute atomic E-state index is 11.8. The topological polar surface area (TPSA) is 76.1 Å². The number of aliphatic carboxylic acids is 1. The first-order valence-electron chi connectivity index (χ1n) is 6.66. The van der Waals surface area contributed by atoms with Gasteiger partial charge in [-0.3, -0.25) is 0 Å². The van der Waals surface area contributed by atoms with Gasteiger partial charge in [-0.15, -0.1) is 0 Å². The van der Waals surface area contributed by atoms with Crippen LogP contribution in [0, 0.1) is 0 Å². The van der Waals surface area contributed by atoms with E-state index in [0.29, 0.717) is 34.3 Å². The lowest BCUT2D eigenvalue weighted by molar-refractivity contribution is -0.146. The normalized spacial score (nSPS) is 26.8. The Morgan fingerprint density at radius 1 is 1.45 bits per heavy atom. The maximum atomic E-state index is 11.8. The molecule has 3 rings (SSSR count). The lowest BCUT2D eigenvalue weighted by Crippen LogP contribution is -2.34. The molecule has 1 unspecified atom stereocenters. The number of rotatable bonds is 3. The van der Waals surface area contributed by atoms with Crippen molar-refractivity contribution in [3.8, 4) is 5.75 Å². The average Bonchev–Trinajstić information content (AvgIpc) is 3.02. The van der Waals surface area contributed by atoms with Gasteiger partial charge in [0.1, 0.15) is 5.75 Å². The highest BCUT2D eigenvalue weighted by atomic mass is 35.5. The number of halogens is 2. The van der Waals surface area contributed by atoms with Gasteiger partial charge in [0.25, 0.3) is 0 Å². The molecular formula is C14H13Cl2NO5. The van der Waals surface area contributed by atoms with Crippen LogP contribution in [0.1, 0.15) is 17.9 Å². The molecule has 118 valence electrons. The molecule has 1 aromatic carbocycles. The second kappa shape index (κ2) is 5.52. The van der Waals surface area contributed by atoms with E-state index < -0.39 is 24.2 Å². The molecule has 2 aliphatic heterocycles. The number of ether oxygens (including phenoxy) is 2. The van der Waals surface area contributed by atoms with Gasteiger partial charge in [-0.1, -0.05) is 23.2 Å². The van der Waals surface area contributed by atoms with Gasteiger partial charge >= 0.3 is 12.1 Å². The molecule has 3 atom stereocenters. The molecule has 0 spiro atoms. The zero-order valence-electron chi connectivity index (χ0n) is 11.6. The minimum Gasteiger partial charge on any atom is -0.496 e. The van der Waals surface area contributed by atoms with Crippen molar-refractivity contribution in [2.75, 3.05) is 13.7 Å². The summed E-state index contributed by atoms with van der Waals surface area (Å²) in [5.74, 6) is -0.729. The number of nitrogens with zero attached hydrogens (tertiary/aromatic N) is 1. The first kappa shape index (κ1) is 15.2. The third-order valence-electron chi connectivity index (χ3n) is 4.12. The third kappa shape index (κ3) is 2.27. The van der Waals surface area contributed by atoms with Crippen molar-refractivity contribution in [1.82, 2.24) is 4.90 Å². The fourth-order valence-electron chi connectivity index (χ4n) is 3.15. The van der Waals surface area contributed by atoms with Crippen LogP contribution in [0.4, 0.5) is 4.79 Å². The number of fused-ring (bicyclic) bond motifs is 1. The van der Waals surface area contributed by atoms with E-state index in [9.17, 15) is 9.59 Å².